The third-order valence-electron chi connectivity index (χ3n) is 2.63. The van der Waals surface area contributed by atoms with Gasteiger partial charge in [0.1, 0.15) is 11.4 Å². The molecular formula is C13H20N2O2S. The molecule has 1 heterocycles. The number of carbonyl (C=O) groups is 1. The van der Waals surface area contributed by atoms with Gasteiger partial charge in [-0.3, -0.25) is 0 Å². The summed E-state index contributed by atoms with van der Waals surface area (Å²) in [6.07, 6.45) is 2.06. The normalized spacial score (nSPS) is 12.2. The third kappa shape index (κ3) is 3.91. The first-order chi connectivity index (χ1) is 8.45. The number of aryl methyl sites for hydroxylation is 2. The number of aromatic nitrogens is 1. The number of carboxylic acid groups (broad SMARTS) is 1. The van der Waals surface area contributed by atoms with Crippen LogP contribution >= 0.6 is 11.8 Å². The van der Waals surface area contributed by atoms with Crippen LogP contribution < -0.4 is 5.32 Å². The van der Waals surface area contributed by atoms with Crippen molar-refractivity contribution >= 4 is 23.5 Å². The summed E-state index contributed by atoms with van der Waals surface area (Å²) in [5, 5.41) is 12.4. The molecule has 1 rings (SSSR count). The molecule has 0 aliphatic heterocycles. The quantitative estimate of drug-likeness (QED) is 0.830. The van der Waals surface area contributed by atoms with Crippen molar-refractivity contribution in [2.45, 2.75) is 20.8 Å². The van der Waals surface area contributed by atoms with Gasteiger partial charge in [0.05, 0.1) is 0 Å². The number of thioether (sulfide) groups is 1. The van der Waals surface area contributed by atoms with Gasteiger partial charge < -0.3 is 10.4 Å². The highest BCUT2D eigenvalue weighted by atomic mass is 32.2. The lowest BCUT2D eigenvalue weighted by atomic mass is 10.1. The van der Waals surface area contributed by atoms with Gasteiger partial charge in [0.15, 0.2) is 0 Å². The number of rotatable bonds is 6. The summed E-state index contributed by atoms with van der Waals surface area (Å²) in [6, 6.07) is 1.79. The summed E-state index contributed by atoms with van der Waals surface area (Å²) < 4.78 is 0. The van der Waals surface area contributed by atoms with E-state index in [0.717, 1.165) is 23.6 Å². The minimum absolute atomic E-state index is 0.275. The fourth-order valence-corrected chi connectivity index (χ4v) is 2.54. The van der Waals surface area contributed by atoms with Crippen molar-refractivity contribution in [3.63, 3.8) is 0 Å². The van der Waals surface area contributed by atoms with Crippen molar-refractivity contribution < 1.29 is 9.90 Å². The lowest BCUT2D eigenvalue weighted by Crippen LogP contribution is -2.17. The Bertz CT molecular complexity index is 435. The fourth-order valence-electron chi connectivity index (χ4n) is 1.85. The number of nitrogens with one attached hydrogen (secondary N) is 1. The maximum atomic E-state index is 11.2. The highest BCUT2D eigenvalue weighted by molar-refractivity contribution is 7.98. The number of pyridine rings is 1. The third-order valence-corrected chi connectivity index (χ3v) is 3.53. The second-order valence-electron chi connectivity index (χ2n) is 4.55. The van der Waals surface area contributed by atoms with E-state index in [-0.39, 0.29) is 5.56 Å². The number of nitrogens with zero attached hydrogens (tertiary/aromatic N) is 1. The number of carboxylic acids is 1. The van der Waals surface area contributed by atoms with Gasteiger partial charge in [-0.2, -0.15) is 11.8 Å². The Morgan fingerprint density at radius 2 is 2.22 bits per heavy atom. The minimum Gasteiger partial charge on any atom is -0.478 e. The molecule has 0 aliphatic carbocycles. The van der Waals surface area contributed by atoms with E-state index in [1.165, 1.54) is 0 Å². The smallest absolute Gasteiger partial charge is 0.339 e. The zero-order valence-electron chi connectivity index (χ0n) is 11.3. The Balaban J connectivity index is 2.90. The van der Waals surface area contributed by atoms with Crippen molar-refractivity contribution in [2.24, 2.45) is 5.92 Å². The van der Waals surface area contributed by atoms with Crippen molar-refractivity contribution in [2.75, 3.05) is 23.9 Å². The van der Waals surface area contributed by atoms with Crippen LogP contribution in [-0.4, -0.2) is 34.6 Å². The minimum atomic E-state index is -0.931. The molecule has 0 aliphatic rings. The van der Waals surface area contributed by atoms with Crippen molar-refractivity contribution in [1.29, 1.82) is 0 Å². The van der Waals surface area contributed by atoms with E-state index >= 15 is 0 Å². The summed E-state index contributed by atoms with van der Waals surface area (Å²) in [4.78, 5) is 15.5. The summed E-state index contributed by atoms with van der Waals surface area (Å²) in [7, 11) is 0. The second kappa shape index (κ2) is 6.64. The number of anilines is 1. The summed E-state index contributed by atoms with van der Waals surface area (Å²) in [6.45, 7) is 6.54. The van der Waals surface area contributed by atoms with E-state index in [1.807, 2.05) is 6.92 Å². The zero-order chi connectivity index (χ0) is 13.7. The first kappa shape index (κ1) is 14.8. The lowest BCUT2D eigenvalue weighted by molar-refractivity contribution is 0.0697. The predicted octanol–water partition coefficient (Wildman–Crippen LogP) is 2.81. The molecular weight excluding hydrogens is 248 g/mol. The SMILES string of the molecule is CSCC(C)CNc1nc(C)cc(C)c1C(=O)O. The molecule has 1 aromatic heterocycles. The molecule has 5 heteroatoms. The molecule has 0 saturated carbocycles. The number of hydrogen-bond acceptors (Lipinski definition) is 4. The average Bonchev–Trinajstić information content (AvgIpc) is 2.25. The van der Waals surface area contributed by atoms with Crippen LogP contribution in [0, 0.1) is 19.8 Å². The van der Waals surface area contributed by atoms with Crippen LogP contribution in [-0.2, 0) is 0 Å². The van der Waals surface area contributed by atoms with E-state index < -0.39 is 5.97 Å². The largest absolute Gasteiger partial charge is 0.478 e. The Labute approximate surface area is 112 Å². The van der Waals surface area contributed by atoms with E-state index in [2.05, 4.69) is 23.5 Å². The predicted molar refractivity (Wildman–Crippen MR) is 76.7 cm³/mol. The second-order valence-corrected chi connectivity index (χ2v) is 5.46. The maximum Gasteiger partial charge on any atom is 0.339 e. The fraction of sp³-hybridized carbons (Fsp3) is 0.538. The molecule has 0 amide bonds. The van der Waals surface area contributed by atoms with Crippen molar-refractivity contribution in [3.05, 3.63) is 22.9 Å². The summed E-state index contributed by atoms with van der Waals surface area (Å²) >= 11 is 1.78. The molecule has 0 radical (unpaired) electrons. The Hall–Kier alpha value is -1.23. The summed E-state index contributed by atoms with van der Waals surface area (Å²) in [5.41, 5.74) is 1.85. The lowest BCUT2D eigenvalue weighted by Gasteiger charge is -2.15. The highest BCUT2D eigenvalue weighted by Crippen LogP contribution is 2.19. The van der Waals surface area contributed by atoms with Crippen molar-refractivity contribution in [3.8, 4) is 0 Å². The van der Waals surface area contributed by atoms with Crippen LogP contribution in [0.15, 0.2) is 6.07 Å². The van der Waals surface area contributed by atoms with E-state index in [4.69, 9.17) is 0 Å². The van der Waals surface area contributed by atoms with Crippen LogP contribution in [0.5, 0.6) is 0 Å². The van der Waals surface area contributed by atoms with Gasteiger partial charge in [0, 0.05) is 12.2 Å². The van der Waals surface area contributed by atoms with Crippen LogP contribution in [0.25, 0.3) is 0 Å². The molecule has 0 fully saturated rings. The Morgan fingerprint density at radius 1 is 1.56 bits per heavy atom. The van der Waals surface area contributed by atoms with Crippen LogP contribution in [0.4, 0.5) is 5.82 Å². The monoisotopic (exact) mass is 268 g/mol. The average molecular weight is 268 g/mol. The Kier molecular flexibility index (Phi) is 5.47. The molecule has 0 bridgehead atoms. The van der Waals surface area contributed by atoms with Gasteiger partial charge in [-0.1, -0.05) is 6.92 Å². The van der Waals surface area contributed by atoms with Crippen LogP contribution in [0.3, 0.4) is 0 Å². The maximum absolute atomic E-state index is 11.2. The van der Waals surface area contributed by atoms with E-state index in [1.54, 1.807) is 24.8 Å². The molecule has 0 spiro atoms. The van der Waals surface area contributed by atoms with Gasteiger partial charge in [-0.25, -0.2) is 9.78 Å². The van der Waals surface area contributed by atoms with Gasteiger partial charge in [-0.05, 0) is 43.4 Å². The molecule has 100 valence electrons. The number of hydrogen-bond donors (Lipinski definition) is 2. The Morgan fingerprint density at radius 3 is 2.78 bits per heavy atom. The molecule has 4 nitrogen and oxygen atoms in total. The zero-order valence-corrected chi connectivity index (χ0v) is 12.1. The first-order valence-electron chi connectivity index (χ1n) is 5.90. The van der Waals surface area contributed by atoms with Gasteiger partial charge >= 0.3 is 5.97 Å². The van der Waals surface area contributed by atoms with E-state index in [9.17, 15) is 9.90 Å². The highest BCUT2D eigenvalue weighted by Gasteiger charge is 2.15. The van der Waals surface area contributed by atoms with Crippen LogP contribution in [0.2, 0.25) is 0 Å². The molecule has 0 aromatic carbocycles. The van der Waals surface area contributed by atoms with Gasteiger partial charge in [0.25, 0.3) is 0 Å². The van der Waals surface area contributed by atoms with Gasteiger partial charge in [0.2, 0.25) is 0 Å². The molecule has 2 N–H and O–H groups in total. The van der Waals surface area contributed by atoms with Crippen LogP contribution in [0.1, 0.15) is 28.5 Å². The molecule has 1 aromatic rings. The van der Waals surface area contributed by atoms with E-state index in [0.29, 0.717) is 11.7 Å². The molecule has 0 saturated heterocycles. The first-order valence-corrected chi connectivity index (χ1v) is 7.29. The molecule has 18 heavy (non-hydrogen) atoms. The topological polar surface area (TPSA) is 62.2 Å². The number of aromatic carboxylic acids is 1. The standard InChI is InChI=1S/C13H20N2O2S/c1-8(7-18-4)6-14-12-11(13(16)17)9(2)5-10(3)15-12/h5,8H,6-7H2,1-4H3,(H,14,15)(H,16,17). The van der Waals surface area contributed by atoms with Gasteiger partial charge in [-0.15, -0.1) is 0 Å². The molecule has 1 unspecified atom stereocenters. The van der Waals surface area contributed by atoms with Crippen molar-refractivity contribution in [1.82, 2.24) is 4.98 Å². The summed E-state index contributed by atoms with van der Waals surface area (Å²) in [5.74, 6) is 1.07. The molecule has 1 atom stereocenters.